The van der Waals surface area contributed by atoms with Gasteiger partial charge in [0.25, 0.3) is 5.91 Å². The molecule has 2 amide bonds. The standard InChI is InChI=1S/C20H22FN3O2S2/c21-16-4-1-3-15(13-16)20-24(18(25)14-28-20)11-8-22-6-9-23(10-7-22)19(26)17-5-2-12-27-17/h1-5,12-13,20H,6-11,14H2. The van der Waals surface area contributed by atoms with Gasteiger partial charge in [0.2, 0.25) is 5.91 Å². The van der Waals surface area contributed by atoms with Crippen molar-refractivity contribution >= 4 is 34.9 Å². The molecule has 28 heavy (non-hydrogen) atoms. The molecule has 0 aliphatic carbocycles. The normalized spacial score (nSPS) is 20.8. The van der Waals surface area contributed by atoms with Gasteiger partial charge in [0.1, 0.15) is 11.2 Å². The first-order chi connectivity index (χ1) is 13.6. The predicted octanol–water partition coefficient (Wildman–Crippen LogP) is 2.92. The van der Waals surface area contributed by atoms with Gasteiger partial charge in [-0.05, 0) is 29.1 Å². The second kappa shape index (κ2) is 8.63. The van der Waals surface area contributed by atoms with Crippen LogP contribution in [0.4, 0.5) is 4.39 Å². The highest BCUT2D eigenvalue weighted by Crippen LogP contribution is 2.38. The number of piperazine rings is 1. The van der Waals surface area contributed by atoms with E-state index in [-0.39, 0.29) is 23.0 Å². The number of benzene rings is 1. The first-order valence-electron chi connectivity index (χ1n) is 9.33. The average molecular weight is 420 g/mol. The molecule has 0 radical (unpaired) electrons. The number of thiophene rings is 1. The number of hydrogen-bond donors (Lipinski definition) is 0. The van der Waals surface area contributed by atoms with E-state index in [9.17, 15) is 14.0 Å². The number of thioether (sulfide) groups is 1. The maximum absolute atomic E-state index is 13.6. The van der Waals surface area contributed by atoms with Crippen LogP contribution in [0.15, 0.2) is 41.8 Å². The Bertz CT molecular complexity index is 838. The Labute approximate surface area is 172 Å². The Morgan fingerprint density at radius 2 is 1.93 bits per heavy atom. The largest absolute Gasteiger partial charge is 0.335 e. The highest BCUT2D eigenvalue weighted by atomic mass is 32.2. The molecular weight excluding hydrogens is 397 g/mol. The zero-order valence-electron chi connectivity index (χ0n) is 15.4. The van der Waals surface area contributed by atoms with Gasteiger partial charge < -0.3 is 9.80 Å². The third-order valence-electron chi connectivity index (χ3n) is 5.15. The molecule has 1 unspecified atom stereocenters. The van der Waals surface area contributed by atoms with Gasteiger partial charge in [0.15, 0.2) is 0 Å². The lowest BCUT2D eigenvalue weighted by Gasteiger charge is -2.36. The van der Waals surface area contributed by atoms with Crippen LogP contribution in [0.2, 0.25) is 0 Å². The van der Waals surface area contributed by atoms with Crippen LogP contribution in [0.5, 0.6) is 0 Å². The summed E-state index contributed by atoms with van der Waals surface area (Å²) in [6.07, 6.45) is 0. The van der Waals surface area contributed by atoms with E-state index in [1.54, 1.807) is 17.8 Å². The summed E-state index contributed by atoms with van der Waals surface area (Å²) in [5.41, 5.74) is 0.835. The Morgan fingerprint density at radius 1 is 1.11 bits per heavy atom. The number of amides is 2. The van der Waals surface area contributed by atoms with Crippen molar-refractivity contribution < 1.29 is 14.0 Å². The molecule has 8 heteroatoms. The Kier molecular flexibility index (Phi) is 5.99. The lowest BCUT2D eigenvalue weighted by Crippen LogP contribution is -2.50. The molecule has 5 nitrogen and oxygen atoms in total. The molecular formula is C20H22FN3O2S2. The number of rotatable bonds is 5. The molecule has 1 aromatic heterocycles. The molecule has 2 fully saturated rings. The quantitative estimate of drug-likeness (QED) is 0.748. The highest BCUT2D eigenvalue weighted by molar-refractivity contribution is 8.00. The summed E-state index contributed by atoms with van der Waals surface area (Å²) >= 11 is 3.02. The van der Waals surface area contributed by atoms with Crippen LogP contribution < -0.4 is 0 Å². The Balaban J connectivity index is 1.30. The maximum Gasteiger partial charge on any atom is 0.264 e. The van der Waals surface area contributed by atoms with Crippen molar-refractivity contribution in [2.75, 3.05) is 45.0 Å². The number of nitrogens with zero attached hydrogens (tertiary/aromatic N) is 3. The van der Waals surface area contributed by atoms with Crippen LogP contribution in [-0.2, 0) is 4.79 Å². The summed E-state index contributed by atoms with van der Waals surface area (Å²) in [4.78, 5) is 31.6. The maximum atomic E-state index is 13.6. The summed E-state index contributed by atoms with van der Waals surface area (Å²) in [6, 6.07) is 10.3. The third kappa shape index (κ3) is 4.24. The van der Waals surface area contributed by atoms with Crippen LogP contribution in [-0.4, -0.2) is 71.5 Å². The molecule has 2 aliphatic heterocycles. The fraction of sp³-hybridized carbons (Fsp3) is 0.400. The Hall–Kier alpha value is -1.90. The molecule has 2 aliphatic rings. The molecule has 0 spiro atoms. The summed E-state index contributed by atoms with van der Waals surface area (Å²) < 4.78 is 13.6. The van der Waals surface area contributed by atoms with E-state index in [4.69, 9.17) is 0 Å². The monoisotopic (exact) mass is 419 g/mol. The second-order valence-electron chi connectivity index (χ2n) is 6.92. The molecule has 0 N–H and O–H groups in total. The van der Waals surface area contributed by atoms with E-state index in [1.165, 1.54) is 23.5 Å². The van der Waals surface area contributed by atoms with Crippen molar-refractivity contribution in [2.45, 2.75) is 5.37 Å². The molecule has 148 valence electrons. The van der Waals surface area contributed by atoms with Gasteiger partial charge in [-0.3, -0.25) is 14.5 Å². The third-order valence-corrected chi connectivity index (χ3v) is 7.26. The van der Waals surface area contributed by atoms with Gasteiger partial charge >= 0.3 is 0 Å². The summed E-state index contributed by atoms with van der Waals surface area (Å²) in [5.74, 6) is 0.367. The van der Waals surface area contributed by atoms with Crippen molar-refractivity contribution in [3.8, 4) is 0 Å². The van der Waals surface area contributed by atoms with E-state index < -0.39 is 0 Å². The highest BCUT2D eigenvalue weighted by Gasteiger charge is 2.33. The topological polar surface area (TPSA) is 43.9 Å². The van der Waals surface area contributed by atoms with E-state index >= 15 is 0 Å². The fourth-order valence-corrected chi connectivity index (χ4v) is 5.51. The first kappa shape index (κ1) is 19.4. The van der Waals surface area contributed by atoms with Crippen LogP contribution in [0.1, 0.15) is 20.6 Å². The zero-order chi connectivity index (χ0) is 19.5. The van der Waals surface area contributed by atoms with Crippen molar-refractivity contribution in [3.63, 3.8) is 0 Å². The van der Waals surface area contributed by atoms with Crippen molar-refractivity contribution in [3.05, 3.63) is 58.0 Å². The molecule has 4 rings (SSSR count). The molecule has 0 bridgehead atoms. The minimum absolute atomic E-state index is 0.103. The fourth-order valence-electron chi connectivity index (χ4n) is 3.61. The van der Waals surface area contributed by atoms with E-state index in [0.29, 0.717) is 25.4 Å². The lowest BCUT2D eigenvalue weighted by atomic mass is 10.2. The van der Waals surface area contributed by atoms with Crippen LogP contribution in [0.25, 0.3) is 0 Å². The van der Waals surface area contributed by atoms with Crippen molar-refractivity contribution in [2.24, 2.45) is 0 Å². The molecule has 3 heterocycles. The van der Waals surface area contributed by atoms with Gasteiger partial charge in [0, 0.05) is 39.3 Å². The summed E-state index contributed by atoms with van der Waals surface area (Å²) in [5, 5.41) is 1.80. The van der Waals surface area contributed by atoms with Crippen LogP contribution >= 0.6 is 23.1 Å². The first-order valence-corrected chi connectivity index (χ1v) is 11.3. The zero-order valence-corrected chi connectivity index (χ0v) is 17.1. The smallest absolute Gasteiger partial charge is 0.264 e. The number of halogens is 1. The van der Waals surface area contributed by atoms with Gasteiger partial charge in [-0.15, -0.1) is 23.1 Å². The molecule has 2 aromatic rings. The number of hydrogen-bond acceptors (Lipinski definition) is 5. The second-order valence-corrected chi connectivity index (χ2v) is 8.93. The lowest BCUT2D eigenvalue weighted by molar-refractivity contribution is -0.128. The average Bonchev–Trinajstić information content (AvgIpc) is 3.36. The molecule has 1 atom stereocenters. The van der Waals surface area contributed by atoms with E-state index in [2.05, 4.69) is 4.90 Å². The van der Waals surface area contributed by atoms with Crippen molar-refractivity contribution in [1.82, 2.24) is 14.7 Å². The van der Waals surface area contributed by atoms with Gasteiger partial charge in [-0.1, -0.05) is 18.2 Å². The predicted molar refractivity (Wildman–Crippen MR) is 110 cm³/mol. The minimum Gasteiger partial charge on any atom is -0.335 e. The molecule has 2 saturated heterocycles. The van der Waals surface area contributed by atoms with Crippen molar-refractivity contribution in [1.29, 1.82) is 0 Å². The SMILES string of the molecule is O=C(c1cccs1)N1CCN(CCN2C(=O)CSC2c2cccc(F)c2)CC1. The van der Waals surface area contributed by atoms with Gasteiger partial charge in [0.05, 0.1) is 10.6 Å². The Morgan fingerprint density at radius 3 is 2.64 bits per heavy atom. The van der Waals surface area contributed by atoms with Crippen LogP contribution in [0.3, 0.4) is 0 Å². The number of carbonyl (C=O) groups excluding carboxylic acids is 2. The summed E-state index contributed by atoms with van der Waals surface area (Å²) in [7, 11) is 0. The summed E-state index contributed by atoms with van der Waals surface area (Å²) in [6.45, 7) is 4.39. The number of carbonyl (C=O) groups is 2. The molecule has 0 saturated carbocycles. The van der Waals surface area contributed by atoms with E-state index in [1.807, 2.05) is 33.4 Å². The minimum atomic E-state index is -0.274. The van der Waals surface area contributed by atoms with Gasteiger partial charge in [-0.2, -0.15) is 0 Å². The molecule has 1 aromatic carbocycles. The van der Waals surface area contributed by atoms with Gasteiger partial charge in [-0.25, -0.2) is 4.39 Å². The van der Waals surface area contributed by atoms with Crippen LogP contribution in [0, 0.1) is 5.82 Å². The van der Waals surface area contributed by atoms with E-state index in [0.717, 1.165) is 30.1 Å².